The molecule has 2 atom stereocenters. The molecular weight excluding hydrogens is 439 g/mol. The molecule has 0 aromatic heterocycles. The van der Waals surface area contributed by atoms with Crippen molar-refractivity contribution in [1.29, 1.82) is 0 Å². The van der Waals surface area contributed by atoms with E-state index in [2.05, 4.69) is 5.32 Å². The van der Waals surface area contributed by atoms with Gasteiger partial charge in [-0.05, 0) is 53.6 Å². The number of para-hydroxylation sites is 2. The number of fused-ring (bicyclic) bond motifs is 1. The smallest absolute Gasteiger partial charge is 0.228 e. The van der Waals surface area contributed by atoms with Crippen LogP contribution in [0.3, 0.4) is 0 Å². The van der Waals surface area contributed by atoms with Crippen LogP contribution in [0.5, 0.6) is 0 Å². The van der Waals surface area contributed by atoms with E-state index >= 15 is 0 Å². The Morgan fingerprint density at radius 1 is 0.971 bits per heavy atom. The second-order valence-corrected chi connectivity index (χ2v) is 9.79. The summed E-state index contributed by atoms with van der Waals surface area (Å²) < 4.78 is 14.0. The average Bonchev–Trinajstić information content (AvgIpc) is 2.99. The summed E-state index contributed by atoms with van der Waals surface area (Å²) in [6.45, 7) is 4.05. The molecule has 5 heteroatoms. The summed E-state index contributed by atoms with van der Waals surface area (Å²) in [6, 6.07) is 23.5. The summed E-state index contributed by atoms with van der Waals surface area (Å²) in [5.41, 5.74) is 4.69. The zero-order valence-corrected chi connectivity index (χ0v) is 20.0. The van der Waals surface area contributed by atoms with Crippen LogP contribution >= 0.6 is 0 Å². The van der Waals surface area contributed by atoms with Crippen molar-refractivity contribution in [3.05, 3.63) is 107 Å². The first-order chi connectivity index (χ1) is 16.9. The second kappa shape index (κ2) is 9.49. The third-order valence-electron chi connectivity index (χ3n) is 6.78. The molecule has 0 saturated carbocycles. The van der Waals surface area contributed by atoms with E-state index in [1.165, 1.54) is 12.1 Å². The Morgan fingerprint density at radius 2 is 1.69 bits per heavy atom. The summed E-state index contributed by atoms with van der Waals surface area (Å²) in [5, 5.41) is 3.52. The second-order valence-electron chi connectivity index (χ2n) is 9.79. The number of halogens is 1. The fourth-order valence-electron chi connectivity index (χ4n) is 5.26. The van der Waals surface area contributed by atoms with Crippen LogP contribution in [0, 0.1) is 11.7 Å². The van der Waals surface area contributed by atoms with E-state index in [0.717, 1.165) is 28.2 Å². The zero-order chi connectivity index (χ0) is 24.5. The molecule has 4 nitrogen and oxygen atoms in total. The van der Waals surface area contributed by atoms with Crippen LogP contribution < -0.4 is 10.2 Å². The number of hydrogen-bond acceptors (Lipinski definition) is 3. The number of Topliss-reactive ketones (excluding diaryl/α,β-unsaturated/α-hetero) is 1. The summed E-state index contributed by atoms with van der Waals surface area (Å²) in [4.78, 5) is 29.4. The Hall–Kier alpha value is -3.73. The predicted molar refractivity (Wildman–Crippen MR) is 137 cm³/mol. The maximum atomic E-state index is 14.0. The third kappa shape index (κ3) is 4.51. The van der Waals surface area contributed by atoms with Gasteiger partial charge in [0.15, 0.2) is 5.78 Å². The van der Waals surface area contributed by atoms with E-state index in [1.54, 1.807) is 11.0 Å². The Labute approximate surface area is 205 Å². The van der Waals surface area contributed by atoms with E-state index in [4.69, 9.17) is 0 Å². The zero-order valence-electron chi connectivity index (χ0n) is 20.0. The van der Waals surface area contributed by atoms with E-state index in [9.17, 15) is 14.0 Å². The van der Waals surface area contributed by atoms with Crippen LogP contribution in [-0.2, 0) is 9.59 Å². The highest BCUT2D eigenvalue weighted by atomic mass is 19.1. The molecule has 0 bridgehead atoms. The SMILES string of the molecule is CC(C)CC(=O)N1c2ccccc2NC2=C(C(=O)C[C@H](c3cccc(F)c3)C2)[C@H]1c1ccccc1. The topological polar surface area (TPSA) is 49.4 Å². The Bertz CT molecular complexity index is 1300. The van der Waals surface area contributed by atoms with Crippen molar-refractivity contribution in [2.75, 3.05) is 10.2 Å². The van der Waals surface area contributed by atoms with Crippen LogP contribution in [-0.4, -0.2) is 11.7 Å². The molecule has 0 fully saturated rings. The molecule has 3 aromatic carbocycles. The van der Waals surface area contributed by atoms with Crippen molar-refractivity contribution in [1.82, 2.24) is 0 Å². The quantitative estimate of drug-likeness (QED) is 0.460. The number of anilines is 2. The molecule has 0 spiro atoms. The van der Waals surface area contributed by atoms with Crippen LogP contribution in [0.2, 0.25) is 0 Å². The lowest BCUT2D eigenvalue weighted by molar-refractivity contribution is -0.119. The Balaban J connectivity index is 1.69. The first-order valence-electron chi connectivity index (χ1n) is 12.2. The third-order valence-corrected chi connectivity index (χ3v) is 6.78. The minimum absolute atomic E-state index is 0.0167. The van der Waals surface area contributed by atoms with Gasteiger partial charge in [-0.3, -0.25) is 14.5 Å². The van der Waals surface area contributed by atoms with Crippen molar-refractivity contribution in [3.8, 4) is 0 Å². The molecule has 1 aliphatic heterocycles. The monoisotopic (exact) mass is 468 g/mol. The number of amides is 1. The number of rotatable bonds is 4. The van der Waals surface area contributed by atoms with E-state index < -0.39 is 6.04 Å². The molecule has 0 unspecified atom stereocenters. The summed E-state index contributed by atoms with van der Waals surface area (Å²) in [7, 11) is 0. The van der Waals surface area contributed by atoms with Crippen molar-refractivity contribution < 1.29 is 14.0 Å². The van der Waals surface area contributed by atoms with Crippen LogP contribution in [0.25, 0.3) is 0 Å². The van der Waals surface area contributed by atoms with Gasteiger partial charge in [0.05, 0.1) is 17.4 Å². The minimum Gasteiger partial charge on any atom is -0.357 e. The van der Waals surface area contributed by atoms with Crippen molar-refractivity contribution >= 4 is 23.1 Å². The van der Waals surface area contributed by atoms with E-state index in [0.29, 0.717) is 18.4 Å². The molecule has 1 aliphatic carbocycles. The highest BCUT2D eigenvalue weighted by molar-refractivity contribution is 6.06. The predicted octanol–water partition coefficient (Wildman–Crippen LogP) is 6.77. The van der Waals surface area contributed by atoms with Gasteiger partial charge in [-0.1, -0.05) is 68.4 Å². The molecular formula is C30H29FN2O2. The van der Waals surface area contributed by atoms with Gasteiger partial charge in [0.2, 0.25) is 5.91 Å². The molecule has 1 N–H and O–H groups in total. The highest BCUT2D eigenvalue weighted by Crippen LogP contribution is 2.47. The number of nitrogens with zero attached hydrogens (tertiary/aromatic N) is 1. The number of allylic oxidation sites excluding steroid dienone is 1. The summed E-state index contributed by atoms with van der Waals surface area (Å²) in [6.07, 6.45) is 1.21. The number of ketones is 1. The minimum atomic E-state index is -0.533. The Kier molecular flexibility index (Phi) is 6.25. The molecule has 1 heterocycles. The number of benzene rings is 3. The van der Waals surface area contributed by atoms with Crippen molar-refractivity contribution in [2.24, 2.45) is 5.92 Å². The number of carbonyl (C=O) groups is 2. The highest BCUT2D eigenvalue weighted by Gasteiger charge is 2.41. The lowest BCUT2D eigenvalue weighted by Crippen LogP contribution is -2.39. The van der Waals surface area contributed by atoms with Gasteiger partial charge in [-0.15, -0.1) is 0 Å². The van der Waals surface area contributed by atoms with Crippen molar-refractivity contribution in [3.63, 3.8) is 0 Å². The molecule has 35 heavy (non-hydrogen) atoms. The van der Waals surface area contributed by atoms with E-state index in [1.807, 2.05) is 74.5 Å². The van der Waals surface area contributed by atoms with Gasteiger partial charge in [-0.2, -0.15) is 0 Å². The molecule has 178 valence electrons. The molecule has 2 aliphatic rings. The first-order valence-corrected chi connectivity index (χ1v) is 12.2. The van der Waals surface area contributed by atoms with Crippen molar-refractivity contribution in [2.45, 2.75) is 45.1 Å². The molecule has 0 radical (unpaired) electrons. The van der Waals surface area contributed by atoms with Crippen LogP contribution in [0.15, 0.2) is 90.1 Å². The average molecular weight is 469 g/mol. The van der Waals surface area contributed by atoms with Gasteiger partial charge >= 0.3 is 0 Å². The maximum absolute atomic E-state index is 14.0. The standard InChI is InChI=1S/C30H29FN2O2/c1-19(2)15-28(35)33-26-14-7-6-13-24(26)32-25-17-22(21-11-8-12-23(31)16-21)18-27(34)29(25)30(33)20-9-4-3-5-10-20/h3-14,16,19,22,30,32H,15,17-18H2,1-2H3/t22-,30-/m1/s1. The molecule has 3 aromatic rings. The van der Waals surface area contributed by atoms with Gasteiger partial charge in [0.25, 0.3) is 0 Å². The van der Waals surface area contributed by atoms with Crippen LogP contribution in [0.4, 0.5) is 15.8 Å². The number of carbonyl (C=O) groups excluding carboxylic acids is 2. The normalized spacial score (nSPS) is 19.7. The van der Waals surface area contributed by atoms with Crippen LogP contribution in [0.1, 0.15) is 56.2 Å². The molecule has 1 amide bonds. The first kappa shape index (κ1) is 23.0. The van der Waals surface area contributed by atoms with Gasteiger partial charge in [-0.25, -0.2) is 4.39 Å². The Morgan fingerprint density at radius 3 is 2.43 bits per heavy atom. The van der Waals surface area contributed by atoms with Gasteiger partial charge < -0.3 is 5.32 Å². The molecule has 5 rings (SSSR count). The van der Waals surface area contributed by atoms with Gasteiger partial charge in [0, 0.05) is 24.1 Å². The van der Waals surface area contributed by atoms with Gasteiger partial charge in [0.1, 0.15) is 5.82 Å². The maximum Gasteiger partial charge on any atom is 0.228 e. The lowest BCUT2D eigenvalue weighted by Gasteiger charge is -2.35. The molecule has 0 saturated heterocycles. The fraction of sp³-hybridized carbons (Fsp3) is 0.267. The summed E-state index contributed by atoms with van der Waals surface area (Å²) >= 11 is 0. The lowest BCUT2D eigenvalue weighted by atomic mass is 9.78. The number of hydrogen-bond donors (Lipinski definition) is 1. The largest absolute Gasteiger partial charge is 0.357 e. The number of nitrogens with one attached hydrogen (secondary N) is 1. The fourth-order valence-corrected chi connectivity index (χ4v) is 5.26. The van der Waals surface area contributed by atoms with E-state index in [-0.39, 0.29) is 35.8 Å². The summed E-state index contributed by atoms with van der Waals surface area (Å²) in [5.74, 6) is -0.295.